The second-order valence-corrected chi connectivity index (χ2v) is 6.78. The quantitative estimate of drug-likeness (QED) is 0.755. The number of nitrogens with zero attached hydrogens (tertiary/aromatic N) is 3. The van der Waals surface area contributed by atoms with Crippen LogP contribution >= 0.6 is 0 Å². The lowest BCUT2D eigenvalue weighted by atomic mass is 9.96. The van der Waals surface area contributed by atoms with Crippen LogP contribution in [-0.2, 0) is 0 Å². The molecule has 0 saturated carbocycles. The van der Waals surface area contributed by atoms with Crippen molar-refractivity contribution in [3.8, 4) is 0 Å². The third-order valence-electron chi connectivity index (χ3n) is 4.99. The molecule has 0 aromatic carbocycles. The second-order valence-electron chi connectivity index (χ2n) is 6.78. The Morgan fingerprint density at radius 2 is 1.84 bits per heavy atom. The highest BCUT2D eigenvalue weighted by Gasteiger charge is 2.25. The fourth-order valence-corrected chi connectivity index (χ4v) is 3.88. The lowest BCUT2D eigenvalue weighted by Crippen LogP contribution is -2.46. The van der Waals surface area contributed by atoms with E-state index < -0.39 is 0 Å². The summed E-state index contributed by atoms with van der Waals surface area (Å²) in [5, 5.41) is 0. The van der Waals surface area contributed by atoms with Gasteiger partial charge in [-0.1, -0.05) is 6.92 Å². The molecule has 2 rings (SSSR count). The molecule has 0 aromatic rings. The fourth-order valence-electron chi connectivity index (χ4n) is 3.88. The molecule has 2 aliphatic rings. The maximum absolute atomic E-state index is 2.66. The van der Waals surface area contributed by atoms with Crippen molar-refractivity contribution in [1.29, 1.82) is 0 Å². The Kier molecular flexibility index (Phi) is 6.11. The Hall–Kier alpha value is -0.120. The highest BCUT2D eigenvalue weighted by Crippen LogP contribution is 2.20. The zero-order valence-electron chi connectivity index (χ0n) is 13.3. The average Bonchev–Trinajstić information content (AvgIpc) is 2.40. The molecule has 1 unspecified atom stereocenters. The summed E-state index contributed by atoms with van der Waals surface area (Å²) in [6, 6.07) is 0.834. The molecule has 0 N–H and O–H groups in total. The Labute approximate surface area is 119 Å². The highest BCUT2D eigenvalue weighted by molar-refractivity contribution is 4.81. The van der Waals surface area contributed by atoms with Crippen molar-refractivity contribution in [2.24, 2.45) is 5.92 Å². The molecule has 112 valence electrons. The highest BCUT2D eigenvalue weighted by atomic mass is 15.2. The van der Waals surface area contributed by atoms with Crippen molar-refractivity contribution < 1.29 is 0 Å². The van der Waals surface area contributed by atoms with Crippen molar-refractivity contribution in [3.05, 3.63) is 0 Å². The molecule has 0 aromatic heterocycles. The van der Waals surface area contributed by atoms with Crippen molar-refractivity contribution in [2.75, 3.05) is 53.4 Å². The molecule has 19 heavy (non-hydrogen) atoms. The van der Waals surface area contributed by atoms with Gasteiger partial charge in [-0.3, -0.25) is 0 Å². The monoisotopic (exact) mass is 267 g/mol. The van der Waals surface area contributed by atoms with E-state index in [0.29, 0.717) is 0 Å². The standard InChI is InChI=1S/C16H33N3/c1-4-9-19-11-7-16(8-12-19)18(3)14-15-6-5-10-17(2)13-15/h15-16H,4-14H2,1-3H3. The van der Waals surface area contributed by atoms with Crippen molar-refractivity contribution >= 4 is 0 Å². The van der Waals surface area contributed by atoms with Gasteiger partial charge in [0.1, 0.15) is 0 Å². The normalized spacial score (nSPS) is 28.1. The van der Waals surface area contributed by atoms with E-state index in [1.807, 2.05) is 0 Å². The molecule has 0 amide bonds. The predicted octanol–water partition coefficient (Wildman–Crippen LogP) is 2.13. The minimum atomic E-state index is 0.834. The third kappa shape index (κ3) is 4.73. The van der Waals surface area contributed by atoms with Crippen LogP contribution in [0.25, 0.3) is 0 Å². The summed E-state index contributed by atoms with van der Waals surface area (Å²) in [4.78, 5) is 7.80. The van der Waals surface area contributed by atoms with Crippen molar-refractivity contribution in [3.63, 3.8) is 0 Å². The summed E-state index contributed by atoms with van der Waals surface area (Å²) < 4.78 is 0. The summed E-state index contributed by atoms with van der Waals surface area (Å²) in [5.74, 6) is 0.900. The van der Waals surface area contributed by atoms with Crippen LogP contribution in [0.3, 0.4) is 0 Å². The fraction of sp³-hybridized carbons (Fsp3) is 1.00. The first kappa shape index (κ1) is 15.3. The van der Waals surface area contributed by atoms with Gasteiger partial charge in [-0.05, 0) is 78.3 Å². The van der Waals surface area contributed by atoms with Gasteiger partial charge in [-0.15, -0.1) is 0 Å². The molecule has 2 aliphatic heterocycles. The zero-order chi connectivity index (χ0) is 13.7. The molecule has 0 aliphatic carbocycles. The van der Waals surface area contributed by atoms with E-state index in [1.54, 1.807) is 0 Å². The largest absolute Gasteiger partial charge is 0.306 e. The maximum Gasteiger partial charge on any atom is 0.0117 e. The smallest absolute Gasteiger partial charge is 0.0117 e. The van der Waals surface area contributed by atoms with Crippen LogP contribution in [0.15, 0.2) is 0 Å². The molecular weight excluding hydrogens is 234 g/mol. The van der Waals surface area contributed by atoms with Gasteiger partial charge in [0.15, 0.2) is 0 Å². The van der Waals surface area contributed by atoms with Gasteiger partial charge in [0.05, 0.1) is 0 Å². The van der Waals surface area contributed by atoms with Gasteiger partial charge in [0, 0.05) is 19.1 Å². The second kappa shape index (κ2) is 7.61. The maximum atomic E-state index is 2.66. The summed E-state index contributed by atoms with van der Waals surface area (Å²) in [6.45, 7) is 10.1. The molecule has 2 heterocycles. The van der Waals surface area contributed by atoms with E-state index in [1.165, 1.54) is 71.4 Å². The predicted molar refractivity (Wildman–Crippen MR) is 82.6 cm³/mol. The molecule has 0 bridgehead atoms. The first-order chi connectivity index (χ1) is 9.19. The van der Waals surface area contributed by atoms with Crippen LogP contribution in [-0.4, -0.2) is 74.1 Å². The van der Waals surface area contributed by atoms with Crippen LogP contribution < -0.4 is 0 Å². The zero-order valence-corrected chi connectivity index (χ0v) is 13.3. The van der Waals surface area contributed by atoms with Crippen LogP contribution in [0.1, 0.15) is 39.0 Å². The summed E-state index contributed by atoms with van der Waals surface area (Å²) in [5.41, 5.74) is 0. The average molecular weight is 267 g/mol. The molecule has 3 nitrogen and oxygen atoms in total. The summed E-state index contributed by atoms with van der Waals surface area (Å²) >= 11 is 0. The molecule has 2 saturated heterocycles. The van der Waals surface area contributed by atoms with E-state index in [4.69, 9.17) is 0 Å². The van der Waals surface area contributed by atoms with Gasteiger partial charge in [0.25, 0.3) is 0 Å². The van der Waals surface area contributed by atoms with E-state index in [-0.39, 0.29) is 0 Å². The van der Waals surface area contributed by atoms with E-state index in [9.17, 15) is 0 Å². The Balaban J connectivity index is 1.70. The lowest BCUT2D eigenvalue weighted by Gasteiger charge is -2.39. The first-order valence-electron chi connectivity index (χ1n) is 8.30. The van der Waals surface area contributed by atoms with Gasteiger partial charge in [0.2, 0.25) is 0 Å². The topological polar surface area (TPSA) is 9.72 Å². The minimum absolute atomic E-state index is 0.834. The van der Waals surface area contributed by atoms with Gasteiger partial charge in [-0.2, -0.15) is 0 Å². The first-order valence-corrected chi connectivity index (χ1v) is 8.30. The van der Waals surface area contributed by atoms with Gasteiger partial charge < -0.3 is 14.7 Å². The molecule has 0 spiro atoms. The third-order valence-corrected chi connectivity index (χ3v) is 4.99. The molecule has 2 fully saturated rings. The number of hydrogen-bond donors (Lipinski definition) is 0. The molecule has 0 radical (unpaired) electrons. The molecular formula is C16H33N3. The van der Waals surface area contributed by atoms with Crippen molar-refractivity contribution in [1.82, 2.24) is 14.7 Å². The van der Waals surface area contributed by atoms with Crippen molar-refractivity contribution in [2.45, 2.75) is 45.1 Å². The van der Waals surface area contributed by atoms with Crippen LogP contribution in [0.4, 0.5) is 0 Å². The van der Waals surface area contributed by atoms with E-state index >= 15 is 0 Å². The van der Waals surface area contributed by atoms with Crippen LogP contribution in [0, 0.1) is 5.92 Å². The number of piperidine rings is 2. The Morgan fingerprint density at radius 3 is 2.47 bits per heavy atom. The molecule has 1 atom stereocenters. The van der Waals surface area contributed by atoms with Crippen LogP contribution in [0.2, 0.25) is 0 Å². The molecule has 3 heteroatoms. The van der Waals surface area contributed by atoms with E-state index in [2.05, 4.69) is 35.7 Å². The number of hydrogen-bond acceptors (Lipinski definition) is 3. The van der Waals surface area contributed by atoms with Gasteiger partial charge >= 0.3 is 0 Å². The SMILES string of the molecule is CCCN1CCC(N(C)CC2CCCN(C)C2)CC1. The minimum Gasteiger partial charge on any atom is -0.306 e. The Bertz CT molecular complexity index is 248. The summed E-state index contributed by atoms with van der Waals surface area (Å²) in [6.07, 6.45) is 6.88. The Morgan fingerprint density at radius 1 is 1.11 bits per heavy atom. The number of likely N-dealkylation sites (tertiary alicyclic amines) is 2. The van der Waals surface area contributed by atoms with E-state index in [0.717, 1.165) is 12.0 Å². The summed E-state index contributed by atoms with van der Waals surface area (Å²) in [7, 11) is 4.63. The van der Waals surface area contributed by atoms with Gasteiger partial charge in [-0.25, -0.2) is 0 Å². The number of rotatable bonds is 5. The lowest BCUT2D eigenvalue weighted by molar-refractivity contribution is 0.0963. The van der Waals surface area contributed by atoms with Crippen LogP contribution in [0.5, 0.6) is 0 Å².